The van der Waals surface area contributed by atoms with E-state index in [1.165, 1.54) is 12.8 Å². The van der Waals surface area contributed by atoms with Crippen LogP contribution in [-0.4, -0.2) is 50.4 Å². The number of rotatable bonds is 3. The van der Waals surface area contributed by atoms with E-state index in [1.807, 2.05) is 6.92 Å². The molecule has 1 aromatic heterocycles. The lowest BCUT2D eigenvalue weighted by atomic mass is 10.0. The summed E-state index contributed by atoms with van der Waals surface area (Å²) in [5.41, 5.74) is 1.79. The maximum Gasteiger partial charge on any atom is 0.256 e. The van der Waals surface area contributed by atoms with Crippen molar-refractivity contribution in [1.29, 1.82) is 0 Å². The summed E-state index contributed by atoms with van der Waals surface area (Å²) in [6.07, 6.45) is 5.59. The van der Waals surface area contributed by atoms with Gasteiger partial charge in [0.05, 0.1) is 18.1 Å². The van der Waals surface area contributed by atoms with Gasteiger partial charge in [0.2, 0.25) is 5.91 Å². The van der Waals surface area contributed by atoms with Crippen LogP contribution in [0.4, 0.5) is 0 Å². The zero-order chi connectivity index (χ0) is 15.3. The summed E-state index contributed by atoms with van der Waals surface area (Å²) < 4.78 is 1.66. The first kappa shape index (κ1) is 13.9. The highest BCUT2D eigenvalue weighted by atomic mass is 16.2. The SMILES string of the molecule is CCn1cnc2c(c1=O)CCN([C@H]1CCN(C3CC3)C1=O)C2. The predicted molar refractivity (Wildman–Crippen MR) is 81.4 cm³/mol. The number of carbonyl (C=O) groups excluding carboxylic acids is 1. The Kier molecular flexibility index (Phi) is 3.29. The molecule has 0 N–H and O–H groups in total. The molecule has 3 heterocycles. The molecule has 0 aromatic carbocycles. The number of aromatic nitrogens is 2. The lowest BCUT2D eigenvalue weighted by Gasteiger charge is -2.31. The molecule has 2 aliphatic heterocycles. The van der Waals surface area contributed by atoms with Gasteiger partial charge in [0.1, 0.15) is 0 Å². The fourth-order valence-electron chi connectivity index (χ4n) is 3.75. The highest BCUT2D eigenvalue weighted by Gasteiger charge is 2.43. The van der Waals surface area contributed by atoms with Crippen LogP contribution >= 0.6 is 0 Å². The highest BCUT2D eigenvalue weighted by Crippen LogP contribution is 2.32. The van der Waals surface area contributed by atoms with E-state index in [0.717, 1.165) is 30.8 Å². The lowest BCUT2D eigenvalue weighted by molar-refractivity contribution is -0.132. The quantitative estimate of drug-likeness (QED) is 0.810. The second-order valence-corrected chi connectivity index (χ2v) is 6.55. The van der Waals surface area contributed by atoms with Crippen molar-refractivity contribution < 1.29 is 4.79 Å². The molecule has 0 spiro atoms. The summed E-state index contributed by atoms with van der Waals surface area (Å²) in [6, 6.07) is 0.494. The molecule has 0 bridgehead atoms. The molecule has 4 rings (SSSR count). The van der Waals surface area contributed by atoms with Gasteiger partial charge in [-0.15, -0.1) is 0 Å². The largest absolute Gasteiger partial charge is 0.338 e. The van der Waals surface area contributed by atoms with Crippen LogP contribution in [0.2, 0.25) is 0 Å². The van der Waals surface area contributed by atoms with Crippen molar-refractivity contribution >= 4 is 5.91 Å². The Hall–Kier alpha value is -1.69. The van der Waals surface area contributed by atoms with Crippen molar-refractivity contribution in [1.82, 2.24) is 19.4 Å². The summed E-state index contributed by atoms with van der Waals surface area (Å²) in [6.45, 7) is 4.91. The zero-order valence-electron chi connectivity index (χ0n) is 13.0. The second kappa shape index (κ2) is 5.19. The third-order valence-electron chi connectivity index (χ3n) is 5.20. The number of aryl methyl sites for hydroxylation is 1. The van der Waals surface area contributed by atoms with Crippen molar-refractivity contribution in [3.63, 3.8) is 0 Å². The van der Waals surface area contributed by atoms with Crippen molar-refractivity contribution in [3.05, 3.63) is 27.9 Å². The molecule has 1 saturated carbocycles. The number of fused-ring (bicyclic) bond motifs is 1. The molecule has 2 fully saturated rings. The minimum absolute atomic E-state index is 0.0100. The van der Waals surface area contributed by atoms with Crippen molar-refractivity contribution in [2.75, 3.05) is 13.1 Å². The van der Waals surface area contributed by atoms with Gasteiger partial charge < -0.3 is 4.90 Å². The molecule has 1 saturated heterocycles. The van der Waals surface area contributed by atoms with Crippen LogP contribution < -0.4 is 5.56 Å². The molecule has 6 heteroatoms. The summed E-state index contributed by atoms with van der Waals surface area (Å²) in [5.74, 6) is 0.285. The van der Waals surface area contributed by atoms with Gasteiger partial charge in [-0.3, -0.25) is 19.1 Å². The van der Waals surface area contributed by atoms with Crippen molar-refractivity contribution in [2.45, 2.75) is 57.8 Å². The Morgan fingerprint density at radius 3 is 2.77 bits per heavy atom. The highest BCUT2D eigenvalue weighted by molar-refractivity contribution is 5.84. The monoisotopic (exact) mass is 302 g/mol. The Labute approximate surface area is 129 Å². The number of amides is 1. The average molecular weight is 302 g/mol. The minimum Gasteiger partial charge on any atom is -0.338 e. The predicted octanol–water partition coefficient (Wildman–Crippen LogP) is 0.385. The van der Waals surface area contributed by atoms with E-state index in [-0.39, 0.29) is 17.5 Å². The first-order valence-corrected chi connectivity index (χ1v) is 8.30. The van der Waals surface area contributed by atoms with E-state index in [4.69, 9.17) is 0 Å². The summed E-state index contributed by atoms with van der Waals surface area (Å²) in [4.78, 5) is 33.6. The van der Waals surface area contributed by atoms with E-state index >= 15 is 0 Å². The summed E-state index contributed by atoms with van der Waals surface area (Å²) in [7, 11) is 0. The molecule has 22 heavy (non-hydrogen) atoms. The first-order chi connectivity index (χ1) is 10.7. The molecule has 1 aromatic rings. The smallest absolute Gasteiger partial charge is 0.256 e. The number of nitrogens with zero attached hydrogens (tertiary/aromatic N) is 4. The maximum atomic E-state index is 12.6. The van der Waals surface area contributed by atoms with Gasteiger partial charge in [0, 0.05) is 37.8 Å². The van der Waals surface area contributed by atoms with Gasteiger partial charge in [-0.2, -0.15) is 0 Å². The lowest BCUT2D eigenvalue weighted by Crippen LogP contribution is -2.46. The molecule has 0 radical (unpaired) electrons. The van der Waals surface area contributed by atoms with E-state index in [9.17, 15) is 9.59 Å². The molecular formula is C16H22N4O2. The Morgan fingerprint density at radius 2 is 2.05 bits per heavy atom. The van der Waals surface area contributed by atoms with Gasteiger partial charge in [-0.05, 0) is 32.6 Å². The van der Waals surface area contributed by atoms with Crippen LogP contribution in [0.3, 0.4) is 0 Å². The third kappa shape index (κ3) is 2.17. The van der Waals surface area contributed by atoms with Gasteiger partial charge in [-0.1, -0.05) is 0 Å². The zero-order valence-corrected chi connectivity index (χ0v) is 13.0. The topological polar surface area (TPSA) is 58.4 Å². The van der Waals surface area contributed by atoms with E-state index in [0.29, 0.717) is 25.6 Å². The normalized spacial score (nSPS) is 25.6. The Morgan fingerprint density at radius 1 is 1.23 bits per heavy atom. The molecule has 0 unspecified atom stereocenters. The average Bonchev–Trinajstić information content (AvgIpc) is 3.30. The number of carbonyl (C=O) groups is 1. The van der Waals surface area contributed by atoms with Crippen LogP contribution in [0.1, 0.15) is 37.4 Å². The van der Waals surface area contributed by atoms with Gasteiger partial charge in [0.25, 0.3) is 5.56 Å². The van der Waals surface area contributed by atoms with Crippen molar-refractivity contribution in [2.24, 2.45) is 0 Å². The molecular weight excluding hydrogens is 280 g/mol. The molecule has 1 aliphatic carbocycles. The van der Waals surface area contributed by atoms with Crippen LogP contribution in [0.5, 0.6) is 0 Å². The fourth-order valence-corrected chi connectivity index (χ4v) is 3.75. The van der Waals surface area contributed by atoms with Gasteiger partial charge >= 0.3 is 0 Å². The van der Waals surface area contributed by atoms with Gasteiger partial charge in [0.15, 0.2) is 0 Å². The Balaban J connectivity index is 1.54. The second-order valence-electron chi connectivity index (χ2n) is 6.55. The molecule has 1 amide bonds. The van der Waals surface area contributed by atoms with Crippen molar-refractivity contribution in [3.8, 4) is 0 Å². The molecule has 6 nitrogen and oxygen atoms in total. The molecule has 3 aliphatic rings. The summed E-state index contributed by atoms with van der Waals surface area (Å²) in [5, 5.41) is 0. The first-order valence-electron chi connectivity index (χ1n) is 8.30. The number of hydrogen-bond donors (Lipinski definition) is 0. The van der Waals surface area contributed by atoms with E-state index in [1.54, 1.807) is 10.9 Å². The summed E-state index contributed by atoms with van der Waals surface area (Å²) >= 11 is 0. The standard InChI is InChI=1S/C16H22N4O2/c1-2-18-10-17-13-9-19(7-5-12(13)15(18)21)14-6-8-20(16(14)22)11-3-4-11/h10-11,14H,2-9H2,1H3/t14-/m0/s1. The maximum absolute atomic E-state index is 12.6. The van der Waals surface area contributed by atoms with Crippen LogP contribution in [-0.2, 0) is 24.3 Å². The Bertz CT molecular complexity index is 665. The van der Waals surface area contributed by atoms with Crippen LogP contribution in [0, 0.1) is 0 Å². The van der Waals surface area contributed by atoms with E-state index in [2.05, 4.69) is 14.8 Å². The number of likely N-dealkylation sites (tertiary alicyclic amines) is 1. The molecule has 1 atom stereocenters. The van der Waals surface area contributed by atoms with Gasteiger partial charge in [-0.25, -0.2) is 4.98 Å². The van der Waals surface area contributed by atoms with Crippen LogP contribution in [0.15, 0.2) is 11.1 Å². The third-order valence-corrected chi connectivity index (χ3v) is 5.20. The van der Waals surface area contributed by atoms with E-state index < -0.39 is 0 Å². The minimum atomic E-state index is -0.0100. The van der Waals surface area contributed by atoms with Crippen LogP contribution in [0.25, 0.3) is 0 Å². The number of hydrogen-bond acceptors (Lipinski definition) is 4. The molecule has 118 valence electrons. The fraction of sp³-hybridized carbons (Fsp3) is 0.688.